The fraction of sp³-hybridized carbons (Fsp3) is 0.667. The van der Waals surface area contributed by atoms with Gasteiger partial charge in [-0.25, -0.2) is 0 Å². The number of hydrogen-bond donors (Lipinski definition) is 1. The summed E-state index contributed by atoms with van der Waals surface area (Å²) >= 11 is 0. The van der Waals surface area contributed by atoms with Crippen molar-refractivity contribution in [3.05, 3.63) is 29.8 Å². The lowest BCUT2D eigenvalue weighted by molar-refractivity contribution is 0.0599. The Balaban J connectivity index is 1.67. The summed E-state index contributed by atoms with van der Waals surface area (Å²) in [5, 5.41) is 3.28. The van der Waals surface area contributed by atoms with Gasteiger partial charge in [-0.1, -0.05) is 25.1 Å². The second-order valence-electron chi connectivity index (χ2n) is 6.64. The predicted octanol–water partition coefficient (Wildman–Crippen LogP) is 3.08. The maximum absolute atomic E-state index is 5.90. The number of piperidine rings is 1. The highest BCUT2D eigenvalue weighted by Gasteiger charge is 2.34. The molecule has 0 saturated carbocycles. The second-order valence-corrected chi connectivity index (χ2v) is 6.64. The van der Waals surface area contributed by atoms with Crippen molar-refractivity contribution >= 4 is 0 Å². The molecule has 21 heavy (non-hydrogen) atoms. The van der Waals surface area contributed by atoms with Crippen molar-refractivity contribution in [1.82, 2.24) is 10.2 Å². The molecule has 3 heteroatoms. The van der Waals surface area contributed by atoms with Crippen LogP contribution in [0.1, 0.15) is 37.8 Å². The lowest BCUT2D eigenvalue weighted by Gasteiger charge is -2.43. The zero-order chi connectivity index (χ0) is 14.7. The van der Waals surface area contributed by atoms with Crippen LogP contribution >= 0.6 is 0 Å². The van der Waals surface area contributed by atoms with Gasteiger partial charge in [0.2, 0.25) is 0 Å². The molecule has 0 bridgehead atoms. The molecule has 2 atom stereocenters. The summed E-state index contributed by atoms with van der Waals surface area (Å²) < 4.78 is 5.90. The zero-order valence-corrected chi connectivity index (χ0v) is 13.3. The van der Waals surface area contributed by atoms with Gasteiger partial charge in [-0.15, -0.1) is 0 Å². The first-order chi connectivity index (χ1) is 10.3. The van der Waals surface area contributed by atoms with Crippen LogP contribution in [0, 0.1) is 11.8 Å². The first kappa shape index (κ1) is 14.9. The van der Waals surface area contributed by atoms with Gasteiger partial charge in [-0.2, -0.15) is 0 Å². The molecule has 0 amide bonds. The molecule has 0 radical (unpaired) electrons. The van der Waals surface area contributed by atoms with Crippen molar-refractivity contribution in [2.24, 2.45) is 11.8 Å². The van der Waals surface area contributed by atoms with Crippen LogP contribution in [-0.4, -0.2) is 38.2 Å². The number of nitrogens with zero attached hydrogens (tertiary/aromatic N) is 1. The van der Waals surface area contributed by atoms with Crippen LogP contribution in [0.4, 0.5) is 0 Å². The summed E-state index contributed by atoms with van der Waals surface area (Å²) in [4.78, 5) is 2.70. The van der Waals surface area contributed by atoms with Gasteiger partial charge in [-0.05, 0) is 57.9 Å². The Hall–Kier alpha value is -1.06. The largest absolute Gasteiger partial charge is 0.493 e. The average Bonchev–Trinajstić information content (AvgIpc) is 2.53. The van der Waals surface area contributed by atoms with E-state index in [4.69, 9.17) is 4.74 Å². The van der Waals surface area contributed by atoms with E-state index in [2.05, 4.69) is 48.5 Å². The first-order valence-electron chi connectivity index (χ1n) is 8.40. The fourth-order valence-corrected chi connectivity index (χ4v) is 3.90. The van der Waals surface area contributed by atoms with E-state index in [1.165, 1.54) is 37.9 Å². The van der Waals surface area contributed by atoms with Crippen LogP contribution in [-0.2, 0) is 0 Å². The van der Waals surface area contributed by atoms with Gasteiger partial charge in [0.15, 0.2) is 0 Å². The first-order valence-corrected chi connectivity index (χ1v) is 8.40. The third kappa shape index (κ3) is 3.24. The Morgan fingerprint density at radius 3 is 2.76 bits per heavy atom. The molecule has 0 spiro atoms. The van der Waals surface area contributed by atoms with Crippen LogP contribution in [0.15, 0.2) is 24.3 Å². The maximum atomic E-state index is 5.90. The van der Waals surface area contributed by atoms with Crippen LogP contribution in [0.5, 0.6) is 5.75 Å². The topological polar surface area (TPSA) is 24.5 Å². The zero-order valence-electron chi connectivity index (χ0n) is 13.3. The lowest BCUT2D eigenvalue weighted by Crippen LogP contribution is -2.42. The fourth-order valence-electron chi connectivity index (χ4n) is 3.90. The van der Waals surface area contributed by atoms with Crippen molar-refractivity contribution in [3.8, 4) is 5.75 Å². The molecule has 0 aliphatic carbocycles. The van der Waals surface area contributed by atoms with E-state index in [1.54, 1.807) is 0 Å². The second kappa shape index (κ2) is 6.80. The summed E-state index contributed by atoms with van der Waals surface area (Å²) in [5.41, 5.74) is 1.39. The van der Waals surface area contributed by atoms with Crippen molar-refractivity contribution < 1.29 is 4.74 Å². The number of nitrogens with one attached hydrogen (secondary N) is 1. The number of hydrogen-bond acceptors (Lipinski definition) is 3. The molecule has 3 nitrogen and oxygen atoms in total. The molecule has 2 heterocycles. The van der Waals surface area contributed by atoms with Crippen molar-refractivity contribution in [2.45, 2.75) is 32.2 Å². The van der Waals surface area contributed by atoms with E-state index in [-0.39, 0.29) is 0 Å². The molecule has 0 aromatic heterocycles. The summed E-state index contributed by atoms with van der Waals surface area (Å²) in [6.07, 6.45) is 4.01. The summed E-state index contributed by atoms with van der Waals surface area (Å²) in [7, 11) is 2.05. The Morgan fingerprint density at radius 2 is 2.00 bits per heavy atom. The van der Waals surface area contributed by atoms with Gasteiger partial charge in [-0.3, -0.25) is 4.90 Å². The van der Waals surface area contributed by atoms with Gasteiger partial charge < -0.3 is 10.1 Å². The molecule has 1 fully saturated rings. The smallest absolute Gasteiger partial charge is 0.124 e. The Bertz CT molecular complexity index is 454. The highest BCUT2D eigenvalue weighted by molar-refractivity contribution is 5.38. The average molecular weight is 288 g/mol. The van der Waals surface area contributed by atoms with Crippen molar-refractivity contribution in [2.75, 3.05) is 33.3 Å². The standard InChI is InChI=1S/C18H28N2O/c1-14-13-21-17-6-4-3-5-16(17)18(14)20-11-8-15(9-12-20)7-10-19-2/h3-6,14-15,18-19H,7-13H2,1-2H3. The molecule has 2 aliphatic heterocycles. The quantitative estimate of drug-likeness (QED) is 0.921. The highest BCUT2D eigenvalue weighted by atomic mass is 16.5. The molecule has 1 aromatic rings. The van der Waals surface area contributed by atoms with Crippen LogP contribution in [0.3, 0.4) is 0 Å². The lowest BCUT2D eigenvalue weighted by atomic mass is 9.86. The molecular weight excluding hydrogens is 260 g/mol. The maximum Gasteiger partial charge on any atom is 0.124 e. The monoisotopic (exact) mass is 288 g/mol. The van der Waals surface area contributed by atoms with Gasteiger partial charge in [0.25, 0.3) is 0 Å². The molecule has 2 aliphatic rings. The molecule has 116 valence electrons. The van der Waals surface area contributed by atoms with E-state index < -0.39 is 0 Å². The van der Waals surface area contributed by atoms with Crippen molar-refractivity contribution in [1.29, 1.82) is 0 Å². The van der Waals surface area contributed by atoms with Crippen LogP contribution in [0.25, 0.3) is 0 Å². The SMILES string of the molecule is CNCCC1CCN(C2c3ccccc3OCC2C)CC1. The number of rotatable bonds is 4. The minimum Gasteiger partial charge on any atom is -0.493 e. The number of fused-ring (bicyclic) bond motifs is 1. The van der Waals surface area contributed by atoms with E-state index in [1.807, 2.05) is 0 Å². The van der Waals surface area contributed by atoms with Gasteiger partial charge in [0, 0.05) is 17.5 Å². The Labute approximate surface area is 128 Å². The molecule has 1 aromatic carbocycles. The number of likely N-dealkylation sites (tertiary alicyclic amines) is 1. The van der Waals surface area contributed by atoms with Gasteiger partial charge in [0.05, 0.1) is 6.61 Å². The van der Waals surface area contributed by atoms with Crippen molar-refractivity contribution in [3.63, 3.8) is 0 Å². The summed E-state index contributed by atoms with van der Waals surface area (Å²) in [6, 6.07) is 9.14. The summed E-state index contributed by atoms with van der Waals surface area (Å²) in [6.45, 7) is 6.80. The van der Waals surface area contributed by atoms with E-state index >= 15 is 0 Å². The summed E-state index contributed by atoms with van der Waals surface area (Å²) in [5.74, 6) is 2.57. The number of ether oxygens (including phenoxy) is 1. The van der Waals surface area contributed by atoms with Gasteiger partial charge in [0.1, 0.15) is 5.75 Å². The number of benzene rings is 1. The Morgan fingerprint density at radius 1 is 1.24 bits per heavy atom. The van der Waals surface area contributed by atoms with Crippen LogP contribution in [0.2, 0.25) is 0 Å². The molecule has 3 rings (SSSR count). The minimum atomic E-state index is 0.542. The minimum absolute atomic E-state index is 0.542. The predicted molar refractivity (Wildman–Crippen MR) is 86.7 cm³/mol. The molecule has 1 N–H and O–H groups in total. The highest BCUT2D eigenvalue weighted by Crippen LogP contribution is 2.40. The van der Waals surface area contributed by atoms with Crippen LogP contribution < -0.4 is 10.1 Å². The molecular formula is C18H28N2O. The van der Waals surface area contributed by atoms with E-state index in [0.29, 0.717) is 12.0 Å². The normalized spacial score (nSPS) is 27.1. The third-order valence-electron chi connectivity index (χ3n) is 5.12. The van der Waals surface area contributed by atoms with Gasteiger partial charge >= 0.3 is 0 Å². The van der Waals surface area contributed by atoms with E-state index in [0.717, 1.165) is 24.8 Å². The Kier molecular flexibility index (Phi) is 4.81. The molecule has 1 saturated heterocycles. The molecule has 2 unspecified atom stereocenters. The van der Waals surface area contributed by atoms with E-state index in [9.17, 15) is 0 Å². The number of para-hydroxylation sites is 1. The third-order valence-corrected chi connectivity index (χ3v) is 5.12.